The maximum absolute atomic E-state index is 11.9. The van der Waals surface area contributed by atoms with E-state index in [9.17, 15) is 9.59 Å². The largest absolute Gasteiger partial charge is 0.379 e. The van der Waals surface area contributed by atoms with Crippen LogP contribution in [-0.4, -0.2) is 94.3 Å². The quantitative estimate of drug-likeness (QED) is 0.167. The minimum Gasteiger partial charge on any atom is -0.379 e. The van der Waals surface area contributed by atoms with E-state index in [1.54, 1.807) is 0 Å². The minimum absolute atomic E-state index is 0.0476. The third-order valence-corrected chi connectivity index (χ3v) is 6.79. The number of fused-ring (bicyclic) bond motifs is 1. The molecule has 2 heterocycles. The van der Waals surface area contributed by atoms with Crippen molar-refractivity contribution >= 4 is 23.7 Å². The first kappa shape index (κ1) is 26.2. The van der Waals surface area contributed by atoms with Crippen LogP contribution in [0.2, 0.25) is 0 Å². The third kappa shape index (κ3) is 11.4. The predicted octanol–water partition coefficient (Wildman–Crippen LogP) is 0.878. The highest BCUT2D eigenvalue weighted by atomic mass is 32.2. The zero-order chi connectivity index (χ0) is 22.2. The van der Waals surface area contributed by atoms with Crippen molar-refractivity contribution in [2.45, 2.75) is 56.4 Å². The van der Waals surface area contributed by atoms with Gasteiger partial charge in [-0.05, 0) is 32.4 Å². The third-order valence-electron chi connectivity index (χ3n) is 5.29. The summed E-state index contributed by atoms with van der Waals surface area (Å²) in [5.41, 5.74) is 0. The maximum Gasteiger partial charge on any atom is 0.315 e. The zero-order valence-electron chi connectivity index (χ0n) is 18.8. The Labute approximate surface area is 190 Å². The Morgan fingerprint density at radius 2 is 1.74 bits per heavy atom. The van der Waals surface area contributed by atoms with Crippen molar-refractivity contribution in [1.82, 2.24) is 21.3 Å². The number of carbonyl (C=O) groups excluding carboxylic acids is 2. The second kappa shape index (κ2) is 16.5. The average molecular weight is 461 g/mol. The van der Waals surface area contributed by atoms with Gasteiger partial charge in [0.1, 0.15) is 0 Å². The summed E-state index contributed by atoms with van der Waals surface area (Å²) in [7, 11) is 0. The molecule has 180 valence electrons. The van der Waals surface area contributed by atoms with E-state index >= 15 is 0 Å². The molecule has 0 spiro atoms. The lowest BCUT2D eigenvalue weighted by atomic mass is 10.0. The van der Waals surface area contributed by atoms with Crippen LogP contribution in [-0.2, 0) is 19.0 Å². The summed E-state index contributed by atoms with van der Waals surface area (Å²) in [4.78, 5) is 23.3. The summed E-state index contributed by atoms with van der Waals surface area (Å²) in [6.07, 6.45) is 4.45. The van der Waals surface area contributed by atoms with Crippen LogP contribution in [0.4, 0.5) is 4.79 Å². The number of hydrogen-bond donors (Lipinski definition) is 4. The van der Waals surface area contributed by atoms with Gasteiger partial charge in [-0.15, -0.1) is 0 Å². The van der Waals surface area contributed by atoms with Gasteiger partial charge in [-0.1, -0.05) is 13.3 Å². The van der Waals surface area contributed by atoms with Crippen molar-refractivity contribution in [2.24, 2.45) is 0 Å². The molecule has 0 aliphatic carbocycles. The number of hydrogen-bond acceptors (Lipinski definition) is 7. The molecule has 2 saturated heterocycles. The second-order valence-electron chi connectivity index (χ2n) is 7.76. The molecule has 4 N–H and O–H groups in total. The number of urea groups is 1. The van der Waals surface area contributed by atoms with E-state index in [1.807, 2.05) is 11.8 Å². The Bertz CT molecular complexity index is 514. The molecule has 3 unspecified atom stereocenters. The van der Waals surface area contributed by atoms with E-state index in [4.69, 9.17) is 14.2 Å². The van der Waals surface area contributed by atoms with Crippen LogP contribution in [0.15, 0.2) is 0 Å². The van der Waals surface area contributed by atoms with E-state index in [0.717, 1.165) is 51.1 Å². The molecule has 2 aliphatic rings. The fourth-order valence-corrected chi connectivity index (χ4v) is 5.19. The molecule has 10 heteroatoms. The van der Waals surface area contributed by atoms with Gasteiger partial charge in [-0.2, -0.15) is 11.8 Å². The predicted molar refractivity (Wildman–Crippen MR) is 123 cm³/mol. The van der Waals surface area contributed by atoms with Crippen molar-refractivity contribution in [1.29, 1.82) is 0 Å². The molecular formula is C21H40N4O5S. The van der Waals surface area contributed by atoms with Gasteiger partial charge < -0.3 is 35.5 Å². The van der Waals surface area contributed by atoms with Crippen molar-refractivity contribution < 1.29 is 23.8 Å². The van der Waals surface area contributed by atoms with Crippen molar-refractivity contribution in [3.8, 4) is 0 Å². The molecule has 0 aromatic rings. The van der Waals surface area contributed by atoms with Crippen molar-refractivity contribution in [2.75, 3.05) is 65.0 Å². The highest BCUT2D eigenvalue weighted by Crippen LogP contribution is 2.33. The molecule has 9 nitrogen and oxygen atoms in total. The summed E-state index contributed by atoms with van der Waals surface area (Å²) < 4.78 is 16.4. The summed E-state index contributed by atoms with van der Waals surface area (Å²) in [6.45, 7) is 8.07. The van der Waals surface area contributed by atoms with Gasteiger partial charge in [-0.25, -0.2) is 4.79 Å². The number of amides is 3. The SMILES string of the molecule is CCNCCCOCCOCCOCCNC(=O)CCCCC1SCC2NC(=O)NC21. The topological polar surface area (TPSA) is 110 Å². The number of thioether (sulfide) groups is 1. The molecule has 0 bridgehead atoms. The monoisotopic (exact) mass is 460 g/mol. The summed E-state index contributed by atoms with van der Waals surface area (Å²) in [6, 6.07) is 0.462. The van der Waals surface area contributed by atoms with Crippen LogP contribution >= 0.6 is 11.8 Å². The normalized spacial score (nSPS) is 22.2. The molecule has 2 aliphatic heterocycles. The van der Waals surface area contributed by atoms with Gasteiger partial charge in [0.2, 0.25) is 5.91 Å². The lowest BCUT2D eigenvalue weighted by Crippen LogP contribution is -2.36. The molecule has 31 heavy (non-hydrogen) atoms. The Morgan fingerprint density at radius 1 is 1.00 bits per heavy atom. The lowest BCUT2D eigenvalue weighted by molar-refractivity contribution is -0.121. The Balaban J connectivity index is 1.30. The van der Waals surface area contributed by atoms with E-state index in [-0.39, 0.29) is 24.0 Å². The van der Waals surface area contributed by atoms with Crippen molar-refractivity contribution in [3.05, 3.63) is 0 Å². The van der Waals surface area contributed by atoms with E-state index < -0.39 is 0 Å². The molecule has 2 fully saturated rings. The molecule has 0 aromatic carbocycles. The first-order valence-corrected chi connectivity index (χ1v) is 12.6. The van der Waals surface area contributed by atoms with Gasteiger partial charge in [0, 0.05) is 30.6 Å². The average Bonchev–Trinajstić information content (AvgIpc) is 3.30. The van der Waals surface area contributed by atoms with Gasteiger partial charge in [0.25, 0.3) is 0 Å². The Hall–Kier alpha value is -1.07. The summed E-state index contributed by atoms with van der Waals surface area (Å²) in [5.74, 6) is 1.05. The van der Waals surface area contributed by atoms with Crippen LogP contribution in [0, 0.1) is 0 Å². The molecular weight excluding hydrogens is 420 g/mol. The van der Waals surface area contributed by atoms with E-state index in [0.29, 0.717) is 51.2 Å². The minimum atomic E-state index is -0.0476. The van der Waals surface area contributed by atoms with Crippen molar-refractivity contribution in [3.63, 3.8) is 0 Å². The Kier molecular flexibility index (Phi) is 14.0. The van der Waals surface area contributed by atoms with Crippen LogP contribution in [0.25, 0.3) is 0 Å². The highest BCUT2D eigenvalue weighted by Gasteiger charge is 2.42. The highest BCUT2D eigenvalue weighted by molar-refractivity contribution is 8.00. The molecule has 0 saturated carbocycles. The second-order valence-corrected chi connectivity index (χ2v) is 9.03. The fraction of sp³-hybridized carbons (Fsp3) is 0.905. The van der Waals surface area contributed by atoms with Crippen LogP contribution in [0.1, 0.15) is 39.0 Å². The molecule has 0 radical (unpaired) electrons. The van der Waals surface area contributed by atoms with E-state index in [2.05, 4.69) is 28.2 Å². The van der Waals surface area contributed by atoms with Crippen LogP contribution < -0.4 is 21.3 Å². The zero-order valence-corrected chi connectivity index (χ0v) is 19.6. The van der Waals surface area contributed by atoms with Crippen LogP contribution in [0.5, 0.6) is 0 Å². The van der Waals surface area contributed by atoms with Gasteiger partial charge in [-0.3, -0.25) is 4.79 Å². The lowest BCUT2D eigenvalue weighted by Gasteiger charge is -2.16. The number of nitrogens with one attached hydrogen (secondary N) is 4. The molecule has 3 atom stereocenters. The summed E-state index contributed by atoms with van der Waals surface area (Å²) in [5, 5.41) is 12.6. The number of unbranched alkanes of at least 4 members (excludes halogenated alkanes) is 1. The maximum atomic E-state index is 11.9. The fourth-order valence-electron chi connectivity index (χ4n) is 3.64. The standard InChI is InChI=1S/C21H40N4O5S/c1-2-22-8-5-10-28-12-14-30-15-13-29-11-9-23-19(26)7-4-3-6-18-20-17(16-31-18)24-21(27)25-20/h17-18,20,22H,2-16H2,1H3,(H,23,26)(H2,24,25,27). The molecule has 2 rings (SSSR count). The number of rotatable bonds is 19. The van der Waals surface area contributed by atoms with Gasteiger partial charge in [0.05, 0.1) is 45.1 Å². The number of ether oxygens (including phenoxy) is 3. The summed E-state index contributed by atoms with van der Waals surface area (Å²) >= 11 is 1.91. The first-order chi connectivity index (χ1) is 15.2. The van der Waals surface area contributed by atoms with E-state index in [1.165, 1.54) is 0 Å². The van der Waals surface area contributed by atoms with Crippen LogP contribution in [0.3, 0.4) is 0 Å². The molecule has 3 amide bonds. The van der Waals surface area contributed by atoms with Gasteiger partial charge in [0.15, 0.2) is 0 Å². The number of carbonyl (C=O) groups is 2. The first-order valence-electron chi connectivity index (χ1n) is 11.6. The Morgan fingerprint density at radius 3 is 2.52 bits per heavy atom. The van der Waals surface area contributed by atoms with Gasteiger partial charge >= 0.3 is 6.03 Å². The smallest absolute Gasteiger partial charge is 0.315 e. The molecule has 0 aromatic heterocycles.